The maximum atomic E-state index is 6.02. The first-order valence-electron chi connectivity index (χ1n) is 7.65. The van der Waals surface area contributed by atoms with Crippen molar-refractivity contribution in [3.8, 4) is 0 Å². The summed E-state index contributed by atoms with van der Waals surface area (Å²) < 4.78 is 6.02. The first-order chi connectivity index (χ1) is 9.74. The lowest BCUT2D eigenvalue weighted by atomic mass is 10.1. The standard InChI is InChI=1S/C17H26N2O/c1-4-10-18-15(13-19(3)11-5-2)17-12-14-8-6-7-9-16(14)20-17/h6-9,12,15,18H,4-5,10-11,13H2,1-3H3. The van der Waals surface area contributed by atoms with Crippen molar-refractivity contribution in [2.45, 2.75) is 32.7 Å². The van der Waals surface area contributed by atoms with Crippen molar-refractivity contribution in [2.75, 3.05) is 26.7 Å². The molecule has 0 aliphatic carbocycles. The van der Waals surface area contributed by atoms with E-state index in [1.807, 2.05) is 12.1 Å². The largest absolute Gasteiger partial charge is 0.459 e. The van der Waals surface area contributed by atoms with Crippen molar-refractivity contribution in [1.82, 2.24) is 10.2 Å². The molecule has 3 heteroatoms. The molecule has 0 aliphatic heterocycles. The molecule has 20 heavy (non-hydrogen) atoms. The van der Waals surface area contributed by atoms with Gasteiger partial charge < -0.3 is 14.6 Å². The fourth-order valence-corrected chi connectivity index (χ4v) is 2.53. The van der Waals surface area contributed by atoms with Crippen LogP contribution in [-0.4, -0.2) is 31.6 Å². The number of hydrogen-bond donors (Lipinski definition) is 1. The second kappa shape index (κ2) is 7.46. The molecule has 1 aromatic heterocycles. The molecule has 0 amide bonds. The molecule has 1 unspecified atom stereocenters. The van der Waals surface area contributed by atoms with Gasteiger partial charge in [-0.25, -0.2) is 0 Å². The van der Waals surface area contributed by atoms with Crippen molar-refractivity contribution >= 4 is 11.0 Å². The number of nitrogens with zero attached hydrogens (tertiary/aromatic N) is 1. The van der Waals surface area contributed by atoms with Gasteiger partial charge in [0.2, 0.25) is 0 Å². The zero-order valence-corrected chi connectivity index (χ0v) is 12.9. The molecule has 110 valence electrons. The molecule has 0 spiro atoms. The number of furan rings is 1. The SMILES string of the molecule is CCCNC(CN(C)CCC)c1cc2ccccc2o1. The van der Waals surface area contributed by atoms with Crippen LogP contribution in [0.1, 0.15) is 38.5 Å². The molecule has 0 fully saturated rings. The first kappa shape index (κ1) is 15.1. The summed E-state index contributed by atoms with van der Waals surface area (Å²) in [5.74, 6) is 1.04. The van der Waals surface area contributed by atoms with Crippen molar-refractivity contribution < 1.29 is 4.42 Å². The number of fused-ring (bicyclic) bond motifs is 1. The number of benzene rings is 1. The van der Waals surface area contributed by atoms with Gasteiger partial charge in [0.15, 0.2) is 0 Å². The molecule has 1 heterocycles. The summed E-state index contributed by atoms with van der Waals surface area (Å²) >= 11 is 0. The van der Waals surface area contributed by atoms with Crippen LogP contribution in [0.5, 0.6) is 0 Å². The zero-order valence-electron chi connectivity index (χ0n) is 12.9. The summed E-state index contributed by atoms with van der Waals surface area (Å²) in [5, 5.41) is 4.78. The van der Waals surface area contributed by atoms with Gasteiger partial charge in [-0.2, -0.15) is 0 Å². The number of nitrogens with one attached hydrogen (secondary N) is 1. The fourth-order valence-electron chi connectivity index (χ4n) is 2.53. The Morgan fingerprint density at radius 2 is 2.00 bits per heavy atom. The average Bonchev–Trinajstić information content (AvgIpc) is 2.87. The van der Waals surface area contributed by atoms with Gasteiger partial charge in [0.05, 0.1) is 6.04 Å². The van der Waals surface area contributed by atoms with E-state index in [1.165, 1.54) is 11.8 Å². The van der Waals surface area contributed by atoms with Gasteiger partial charge in [0.1, 0.15) is 11.3 Å². The molecule has 1 aromatic carbocycles. The first-order valence-corrected chi connectivity index (χ1v) is 7.65. The minimum atomic E-state index is 0.263. The normalized spacial score (nSPS) is 13.2. The van der Waals surface area contributed by atoms with Crippen LogP contribution in [0, 0.1) is 0 Å². The monoisotopic (exact) mass is 274 g/mol. The van der Waals surface area contributed by atoms with Gasteiger partial charge in [-0.3, -0.25) is 0 Å². The van der Waals surface area contributed by atoms with Gasteiger partial charge in [-0.15, -0.1) is 0 Å². The predicted octanol–water partition coefficient (Wildman–Crippen LogP) is 3.82. The van der Waals surface area contributed by atoms with Crippen LogP contribution in [0.4, 0.5) is 0 Å². The van der Waals surface area contributed by atoms with Crippen LogP contribution in [0.2, 0.25) is 0 Å². The van der Waals surface area contributed by atoms with E-state index in [0.29, 0.717) is 0 Å². The topological polar surface area (TPSA) is 28.4 Å². The van der Waals surface area contributed by atoms with E-state index >= 15 is 0 Å². The van der Waals surface area contributed by atoms with E-state index in [1.54, 1.807) is 0 Å². The molecule has 0 radical (unpaired) electrons. The van der Waals surface area contributed by atoms with Crippen molar-refractivity contribution in [3.05, 3.63) is 36.1 Å². The molecule has 0 bridgehead atoms. The summed E-state index contributed by atoms with van der Waals surface area (Å²) in [6, 6.07) is 10.6. The van der Waals surface area contributed by atoms with E-state index in [0.717, 1.165) is 37.4 Å². The smallest absolute Gasteiger partial charge is 0.134 e. The maximum Gasteiger partial charge on any atom is 0.134 e. The minimum absolute atomic E-state index is 0.263. The Labute approximate surface area is 122 Å². The Balaban J connectivity index is 2.15. The molecule has 1 atom stereocenters. The Bertz CT molecular complexity index is 487. The van der Waals surface area contributed by atoms with Crippen LogP contribution in [0.3, 0.4) is 0 Å². The molecular formula is C17H26N2O. The Morgan fingerprint density at radius 3 is 2.70 bits per heavy atom. The van der Waals surface area contributed by atoms with Crippen LogP contribution < -0.4 is 5.32 Å². The van der Waals surface area contributed by atoms with Crippen LogP contribution in [0.25, 0.3) is 11.0 Å². The highest BCUT2D eigenvalue weighted by Gasteiger charge is 2.17. The van der Waals surface area contributed by atoms with Crippen molar-refractivity contribution in [1.29, 1.82) is 0 Å². The third-order valence-electron chi connectivity index (χ3n) is 3.53. The van der Waals surface area contributed by atoms with Crippen LogP contribution >= 0.6 is 0 Å². The molecule has 2 rings (SSSR count). The molecule has 3 nitrogen and oxygen atoms in total. The Morgan fingerprint density at radius 1 is 1.20 bits per heavy atom. The van der Waals surface area contributed by atoms with Gasteiger partial charge in [0.25, 0.3) is 0 Å². The van der Waals surface area contributed by atoms with Gasteiger partial charge in [0, 0.05) is 11.9 Å². The highest BCUT2D eigenvalue weighted by Crippen LogP contribution is 2.24. The average molecular weight is 274 g/mol. The van der Waals surface area contributed by atoms with E-state index in [4.69, 9.17) is 4.42 Å². The Hall–Kier alpha value is -1.32. The van der Waals surface area contributed by atoms with Gasteiger partial charge in [-0.1, -0.05) is 32.0 Å². The van der Waals surface area contributed by atoms with Crippen molar-refractivity contribution in [2.24, 2.45) is 0 Å². The molecule has 1 N–H and O–H groups in total. The Kier molecular flexibility index (Phi) is 5.62. The fraction of sp³-hybridized carbons (Fsp3) is 0.529. The van der Waals surface area contributed by atoms with Gasteiger partial charge in [-0.05, 0) is 45.1 Å². The molecular weight excluding hydrogens is 248 g/mol. The molecule has 0 aliphatic rings. The van der Waals surface area contributed by atoms with E-state index in [9.17, 15) is 0 Å². The lowest BCUT2D eigenvalue weighted by Crippen LogP contribution is -2.33. The number of likely N-dealkylation sites (N-methyl/N-ethyl adjacent to an activating group) is 1. The number of rotatable bonds is 8. The number of hydrogen-bond acceptors (Lipinski definition) is 3. The minimum Gasteiger partial charge on any atom is -0.459 e. The van der Waals surface area contributed by atoms with Crippen molar-refractivity contribution in [3.63, 3.8) is 0 Å². The predicted molar refractivity (Wildman–Crippen MR) is 85.0 cm³/mol. The lowest BCUT2D eigenvalue weighted by Gasteiger charge is -2.23. The van der Waals surface area contributed by atoms with E-state index in [2.05, 4.69) is 49.3 Å². The number of para-hydroxylation sites is 1. The van der Waals surface area contributed by atoms with Crippen LogP contribution in [0.15, 0.2) is 34.7 Å². The van der Waals surface area contributed by atoms with E-state index < -0.39 is 0 Å². The highest BCUT2D eigenvalue weighted by atomic mass is 16.3. The second-order valence-corrected chi connectivity index (χ2v) is 5.46. The quantitative estimate of drug-likeness (QED) is 0.793. The molecule has 2 aromatic rings. The van der Waals surface area contributed by atoms with E-state index in [-0.39, 0.29) is 6.04 Å². The third kappa shape index (κ3) is 3.84. The zero-order chi connectivity index (χ0) is 14.4. The summed E-state index contributed by atoms with van der Waals surface area (Å²) in [4.78, 5) is 2.36. The highest BCUT2D eigenvalue weighted by molar-refractivity contribution is 5.77. The molecule has 0 saturated carbocycles. The maximum absolute atomic E-state index is 6.02. The van der Waals surface area contributed by atoms with Crippen LogP contribution in [-0.2, 0) is 0 Å². The summed E-state index contributed by atoms with van der Waals surface area (Å²) in [6.45, 7) is 7.52. The molecule has 0 saturated heterocycles. The third-order valence-corrected chi connectivity index (χ3v) is 3.53. The van der Waals surface area contributed by atoms with Gasteiger partial charge >= 0.3 is 0 Å². The second-order valence-electron chi connectivity index (χ2n) is 5.46. The summed E-state index contributed by atoms with van der Waals surface area (Å²) in [6.07, 6.45) is 2.31. The summed E-state index contributed by atoms with van der Waals surface area (Å²) in [7, 11) is 2.17. The lowest BCUT2D eigenvalue weighted by molar-refractivity contribution is 0.273. The summed E-state index contributed by atoms with van der Waals surface area (Å²) in [5.41, 5.74) is 0.976.